The molecule has 0 amide bonds. The average molecular weight is 2360 g/mol. The number of carboxylic acids is 6. The van der Waals surface area contributed by atoms with Crippen LogP contribution in [0.4, 0.5) is 0 Å². The van der Waals surface area contributed by atoms with Gasteiger partial charge < -0.3 is 75.9 Å². The molecule has 0 radical (unpaired) electrons. The van der Waals surface area contributed by atoms with E-state index in [0.717, 1.165) is 103 Å². The lowest BCUT2D eigenvalue weighted by Gasteiger charge is -2.44. The van der Waals surface area contributed by atoms with E-state index in [4.69, 9.17) is 65.7 Å². The largest absolute Gasteiger partial charge is 0.481 e. The maximum absolute atomic E-state index is 11.4. The van der Waals surface area contributed by atoms with E-state index < -0.39 is 188 Å². The fourth-order valence-electron chi connectivity index (χ4n) is 13.6. The van der Waals surface area contributed by atoms with Gasteiger partial charge in [0, 0.05) is 16.1 Å². The van der Waals surface area contributed by atoms with Crippen LogP contribution in [-0.2, 0) is 74.0 Å². The van der Waals surface area contributed by atoms with Crippen LogP contribution in [-0.4, -0.2) is 247 Å². The predicted molar refractivity (Wildman–Crippen MR) is 678 cm³/mol. The minimum Gasteiger partial charge on any atom is -0.481 e. The van der Waals surface area contributed by atoms with Crippen molar-refractivity contribution in [3.05, 3.63) is 25.3 Å². The van der Waals surface area contributed by atoms with Crippen molar-refractivity contribution in [2.75, 3.05) is 46.0 Å². The van der Waals surface area contributed by atoms with Crippen molar-refractivity contribution in [1.82, 2.24) is 0 Å². The van der Waals surface area contributed by atoms with Gasteiger partial charge in [0.25, 0.3) is 0 Å². The van der Waals surface area contributed by atoms with E-state index in [-0.39, 0.29) is 152 Å². The van der Waals surface area contributed by atoms with E-state index in [1.807, 2.05) is 6.08 Å². The number of hydrogen-bond acceptors (Lipinski definition) is 22. The first-order valence-corrected chi connectivity index (χ1v) is 97.1. The summed E-state index contributed by atoms with van der Waals surface area (Å²) in [6.45, 7) is 85.2. The molecule has 0 rings (SSSR count). The molecule has 138 heavy (non-hydrogen) atoms. The van der Waals surface area contributed by atoms with E-state index in [1.165, 1.54) is 30.3 Å². The zero-order valence-corrected chi connectivity index (χ0v) is 103. The van der Waals surface area contributed by atoms with Gasteiger partial charge in [0.2, 0.25) is 0 Å². The third-order valence-corrected chi connectivity index (χ3v) is 73.8. The minimum absolute atomic E-state index is 0. The number of carboxylic acid groups (broad SMARTS) is 6. The predicted octanol–water partition coefficient (Wildman–Crippen LogP) is 35.3. The summed E-state index contributed by atoms with van der Waals surface area (Å²) in [4.78, 5) is 64.9. The molecule has 8 atom stereocenters. The molecule has 8 unspecified atom stereocenters. The Morgan fingerprint density at radius 1 is 0.261 bits per heavy atom. The Kier molecular flexibility index (Phi) is 127. The lowest BCUT2D eigenvalue weighted by atomic mass is 10.0. The third kappa shape index (κ3) is 126. The second-order valence-corrected chi connectivity index (χ2v) is 114. The molecule has 0 bridgehead atoms. The van der Waals surface area contributed by atoms with Gasteiger partial charge >= 0.3 is 104 Å². The molecule has 0 saturated carbocycles. The molecule has 0 aromatic carbocycles. The standard InChI is InChI=1S/C29H68O8S2Si6.C23H54O8S2Si5.C12H34O3SSi4.C7H10O4.C6H14Si.17CH4/c1-40(2,3)23-15-20-39-22-16-24-44(12,35-42(7,8)9)37-45(13,36-43(10,11)34-41(4,5)6)25-17-21-38-19-14-18-27(29(32)33)26-28(30)31;1-34(2,3)28-36(7,8)30-38(10,31-37(9,18-12-15-32)29-35(4,5)6)19-13-17-33-16-11-14-21(23(26)27)20-22(24)25;1-17(2,3)13-19(7,8)15-20(9,12-10-11-16)14-18(4,5)6;1-2-3-5(7(10)11)4-6(8)9;1-5-6-7(2,3)4;;;;;;;;;;;;;;;;;/h27H,14-26H2,1-13H3,(H,30,31)(H,32,33);21,32H,11-20H2,1-10H3,(H,24,25)(H,26,27);16H,10-12H2,1-9H3;2,5H,1,3-4H2,(H,8,9)(H,10,11);5H,1,6H2,2-4H3;17*1H4. The van der Waals surface area contributed by atoms with Gasteiger partial charge in [-0.2, -0.15) is 60.5 Å². The summed E-state index contributed by atoms with van der Waals surface area (Å²) < 4.78 is 74.4. The topological polar surface area (TPSA) is 325 Å². The molecular weight excluding hydrogens is 2110 g/mol. The summed E-state index contributed by atoms with van der Waals surface area (Å²) in [6, 6.07) is 7.18. The van der Waals surface area contributed by atoms with E-state index in [0.29, 0.717) is 25.7 Å². The van der Waals surface area contributed by atoms with E-state index in [1.54, 1.807) is 23.5 Å². The normalized spacial score (nSPS) is 14.1. The Balaban J connectivity index is -0.0000000655. The maximum atomic E-state index is 11.4. The first-order valence-electron chi connectivity index (χ1n) is 43.4. The first kappa shape index (κ1) is 193. The molecule has 856 valence electrons. The lowest BCUT2D eigenvalue weighted by Crippen LogP contribution is -2.60. The van der Waals surface area contributed by atoms with Gasteiger partial charge in [-0.05, 0) is 343 Å². The summed E-state index contributed by atoms with van der Waals surface area (Å²) in [6.07, 6.45) is 11.0. The molecule has 0 aromatic heterocycles. The van der Waals surface area contributed by atoms with Gasteiger partial charge in [0.15, 0.2) is 49.9 Å². The Labute approximate surface area is 904 Å². The number of hydrogen-bond donors (Lipinski definition) is 8. The van der Waals surface area contributed by atoms with Crippen molar-refractivity contribution in [1.29, 1.82) is 0 Å². The van der Waals surface area contributed by atoms with Crippen molar-refractivity contribution >= 4 is 231 Å². The average Bonchev–Trinajstić information content (AvgIpc) is 0.804. The number of thioether (sulfide) groups is 3. The second kappa shape index (κ2) is 90.8. The van der Waals surface area contributed by atoms with Crippen molar-refractivity contribution in [3.63, 3.8) is 0 Å². The van der Waals surface area contributed by atoms with Crippen LogP contribution in [0.5, 0.6) is 0 Å². The maximum Gasteiger partial charge on any atom is 0.317 e. The first-order chi connectivity index (χ1) is 54.2. The van der Waals surface area contributed by atoms with E-state index >= 15 is 0 Å². The summed E-state index contributed by atoms with van der Waals surface area (Å²) >= 11 is 14.4. The zero-order valence-electron chi connectivity index (χ0n) is 82.5. The molecule has 0 saturated heterocycles. The van der Waals surface area contributed by atoms with Gasteiger partial charge in [-0.25, -0.2) is 0 Å². The van der Waals surface area contributed by atoms with Crippen LogP contribution >= 0.6 is 60.5 Å². The number of carbonyl (C=O) groups is 6. The minimum atomic E-state index is -2.68. The number of allylic oxidation sites excluding steroid dienone is 2. The Hall–Kier alpha value is 1.08. The smallest absolute Gasteiger partial charge is 0.317 e. The Morgan fingerprint density at radius 3 is 0.630 bits per heavy atom. The van der Waals surface area contributed by atoms with Crippen LogP contribution in [0.3, 0.4) is 0 Å². The monoisotopic (exact) mass is 2350 g/mol. The van der Waals surface area contributed by atoms with E-state index in [2.05, 4.69) is 279 Å². The molecule has 44 heteroatoms. The molecule has 0 heterocycles. The highest BCUT2D eigenvalue weighted by Crippen LogP contribution is 2.37. The van der Waals surface area contributed by atoms with Gasteiger partial charge in [-0.1, -0.05) is 184 Å². The van der Waals surface area contributed by atoms with Gasteiger partial charge in [0.05, 0.1) is 37.0 Å². The molecule has 0 aromatic rings. The van der Waals surface area contributed by atoms with E-state index in [9.17, 15) is 39.0 Å². The fraction of sp³-hybridized carbons (Fsp3) is 0.894. The fourth-order valence-corrected chi connectivity index (χ4v) is 86.0. The van der Waals surface area contributed by atoms with Gasteiger partial charge in [0.1, 0.15) is 0 Å². The van der Waals surface area contributed by atoms with Crippen LogP contribution in [0, 0.1) is 17.8 Å². The highest BCUT2D eigenvalue weighted by atomic mass is 32.2. The molecule has 6 N–H and O–H groups in total. The highest BCUT2D eigenvalue weighted by Gasteiger charge is 2.51. The summed E-state index contributed by atoms with van der Waals surface area (Å²) in [5, 5.41) is 53.1. The number of thiol groups is 2. The SMILES string of the molecule is C.C.C.C.C.C.C.C.C.C.C.C.C.C.C.C.C.C=CCC(CC(=O)O)C(=O)O.C=CC[Si](C)(C)C.C[Si](C)(C)CCCSCCC[Si](C)(O[Si](C)(C)C)O[Si](C)(CCCSCCCC(CC(=O)O)C(=O)O)O[Si](C)(C)O[Si](C)(C)C.C[Si](C)(C)O[Si](C)(C)O[Si](C)(CCCS)O[Si](C)(C)C.C[Si](C)(C)O[Si](C)(C)O[Si](C)(CCCSCCCC(CC(=O)O)C(=O)O)O[Si](C)(CCCS)O[Si](C)(C)C. The molecule has 0 fully saturated rings. The van der Waals surface area contributed by atoms with Crippen LogP contribution in [0.1, 0.15) is 216 Å². The van der Waals surface area contributed by atoms with Crippen LogP contribution < -0.4 is 0 Å². The molecule has 23 nitrogen and oxygen atoms in total. The van der Waals surface area contributed by atoms with Crippen molar-refractivity contribution < 1.29 is 105 Å². The molecule has 0 aliphatic rings. The van der Waals surface area contributed by atoms with Crippen LogP contribution in [0.2, 0.25) is 271 Å². The van der Waals surface area contributed by atoms with Crippen molar-refractivity contribution in [2.45, 2.75) is 488 Å². The third-order valence-electron chi connectivity index (χ3n) is 16.2. The Morgan fingerprint density at radius 2 is 0.457 bits per heavy atom. The Bertz CT molecular complexity index is 2950. The quantitative estimate of drug-likeness (QED) is 0.0121. The number of aliphatic carboxylic acids is 6. The summed E-state index contributed by atoms with van der Waals surface area (Å²) in [5.74, 6) is -1.38. The molecular formula is C94H248O23S5Si16. The highest BCUT2D eigenvalue weighted by molar-refractivity contribution is 7.99. The summed E-state index contributed by atoms with van der Waals surface area (Å²) in [5.41, 5.74) is 0. The van der Waals surface area contributed by atoms with Crippen LogP contribution in [0.25, 0.3) is 0 Å². The van der Waals surface area contributed by atoms with Crippen molar-refractivity contribution in [2.24, 2.45) is 17.8 Å². The molecule has 0 aliphatic heterocycles. The van der Waals surface area contributed by atoms with Crippen LogP contribution in [0.15, 0.2) is 25.3 Å². The zero-order chi connectivity index (χ0) is 96.0. The molecule has 0 aliphatic carbocycles. The lowest BCUT2D eigenvalue weighted by molar-refractivity contribution is -0.148. The number of rotatable bonds is 65. The van der Waals surface area contributed by atoms with Gasteiger partial charge in [-0.3, -0.25) is 28.8 Å². The summed E-state index contributed by atoms with van der Waals surface area (Å²) in [7, 11) is -31.8. The van der Waals surface area contributed by atoms with Crippen molar-refractivity contribution in [3.8, 4) is 0 Å². The second-order valence-electron chi connectivity index (χ2n) is 41.9. The van der Waals surface area contributed by atoms with Gasteiger partial charge in [-0.15, -0.1) is 13.2 Å². The molecule has 0 spiro atoms.